The molecule has 4 aliphatic rings. The zero-order valence-corrected chi connectivity index (χ0v) is 14.9. The van der Waals surface area contributed by atoms with E-state index in [2.05, 4.69) is 20.8 Å². The van der Waals surface area contributed by atoms with Gasteiger partial charge in [-0.1, -0.05) is 31.9 Å². The first-order valence-corrected chi connectivity index (χ1v) is 9.60. The standard InChI is InChI=1S/C20H33NO2/c1-19(2)8-7-12-13(19)4-5-14-16(12)18(23)17(22)15-10-11(21)6-9-20(14,15)3/h11,14-18,22-23H,4-10,21H2,1-3H3/t11-,14?,15?,16?,17+,18+,20+/m0/s1. The van der Waals surface area contributed by atoms with E-state index in [0.717, 1.165) is 25.7 Å². The molecule has 0 aromatic carbocycles. The van der Waals surface area contributed by atoms with E-state index >= 15 is 0 Å². The molecule has 3 heteroatoms. The van der Waals surface area contributed by atoms with Gasteiger partial charge < -0.3 is 15.9 Å². The summed E-state index contributed by atoms with van der Waals surface area (Å²) in [6.07, 6.45) is 6.54. The molecule has 0 heterocycles. The Labute approximate surface area is 140 Å². The molecule has 3 nitrogen and oxygen atoms in total. The van der Waals surface area contributed by atoms with Crippen LogP contribution in [-0.2, 0) is 0 Å². The van der Waals surface area contributed by atoms with Gasteiger partial charge in [0.2, 0.25) is 0 Å². The lowest BCUT2D eigenvalue weighted by molar-refractivity contribution is -0.172. The number of rotatable bonds is 0. The Balaban J connectivity index is 1.76. The first-order valence-electron chi connectivity index (χ1n) is 9.60. The number of nitrogens with two attached hydrogens (primary N) is 1. The molecule has 0 spiro atoms. The molecule has 3 unspecified atom stereocenters. The fourth-order valence-electron chi connectivity index (χ4n) is 6.79. The van der Waals surface area contributed by atoms with Crippen LogP contribution in [0.1, 0.15) is 65.7 Å². The van der Waals surface area contributed by atoms with Gasteiger partial charge in [-0.05, 0) is 67.6 Å². The molecule has 0 aliphatic heterocycles. The molecule has 2 fully saturated rings. The minimum atomic E-state index is -0.608. The summed E-state index contributed by atoms with van der Waals surface area (Å²) in [7, 11) is 0. The average molecular weight is 319 g/mol. The number of aliphatic hydroxyl groups is 2. The van der Waals surface area contributed by atoms with E-state index in [1.54, 1.807) is 5.57 Å². The van der Waals surface area contributed by atoms with Gasteiger partial charge in [0.15, 0.2) is 0 Å². The van der Waals surface area contributed by atoms with Gasteiger partial charge in [0.25, 0.3) is 0 Å². The maximum atomic E-state index is 11.0. The summed E-state index contributed by atoms with van der Waals surface area (Å²) in [6.45, 7) is 7.08. The topological polar surface area (TPSA) is 66.5 Å². The molecular weight excluding hydrogens is 286 g/mol. The van der Waals surface area contributed by atoms with E-state index in [-0.39, 0.29) is 28.7 Å². The van der Waals surface area contributed by atoms with Crippen LogP contribution in [0.25, 0.3) is 0 Å². The first kappa shape index (κ1) is 16.1. The summed E-state index contributed by atoms with van der Waals surface area (Å²) in [5, 5.41) is 21.9. The quantitative estimate of drug-likeness (QED) is 0.601. The largest absolute Gasteiger partial charge is 0.390 e. The summed E-state index contributed by atoms with van der Waals surface area (Å²) in [6, 6.07) is 0.190. The lowest BCUT2D eigenvalue weighted by atomic mass is 9.47. The monoisotopic (exact) mass is 319 g/mol. The van der Waals surface area contributed by atoms with Gasteiger partial charge in [-0.15, -0.1) is 0 Å². The molecule has 0 saturated heterocycles. The summed E-state index contributed by atoms with van der Waals surface area (Å²) in [4.78, 5) is 0. The smallest absolute Gasteiger partial charge is 0.0870 e. The average Bonchev–Trinajstić information content (AvgIpc) is 2.82. The number of allylic oxidation sites excluding steroid dienone is 1. The number of fused-ring (bicyclic) bond motifs is 4. The second kappa shape index (κ2) is 5.06. The lowest BCUT2D eigenvalue weighted by Gasteiger charge is -2.60. The zero-order chi connectivity index (χ0) is 16.6. The van der Waals surface area contributed by atoms with Gasteiger partial charge in [-0.2, -0.15) is 0 Å². The normalized spacial score (nSPS) is 51.9. The molecular formula is C20H33NO2. The van der Waals surface area contributed by atoms with Crippen molar-refractivity contribution in [2.24, 2.45) is 34.3 Å². The van der Waals surface area contributed by atoms with Crippen LogP contribution in [0.5, 0.6) is 0 Å². The van der Waals surface area contributed by atoms with E-state index in [4.69, 9.17) is 5.73 Å². The van der Waals surface area contributed by atoms with E-state index in [9.17, 15) is 10.2 Å². The van der Waals surface area contributed by atoms with E-state index in [1.807, 2.05) is 0 Å². The van der Waals surface area contributed by atoms with Gasteiger partial charge in [0, 0.05) is 12.0 Å². The van der Waals surface area contributed by atoms with Crippen LogP contribution in [0, 0.1) is 28.6 Å². The van der Waals surface area contributed by atoms with Crippen LogP contribution in [0.4, 0.5) is 0 Å². The summed E-state index contributed by atoms with van der Waals surface area (Å²) >= 11 is 0. The molecule has 4 N–H and O–H groups in total. The van der Waals surface area contributed by atoms with Crippen molar-refractivity contribution in [2.45, 2.75) is 84.0 Å². The van der Waals surface area contributed by atoms with E-state index in [0.29, 0.717) is 5.92 Å². The fraction of sp³-hybridized carbons (Fsp3) is 0.900. The Morgan fingerprint density at radius 1 is 0.957 bits per heavy atom. The minimum Gasteiger partial charge on any atom is -0.390 e. The number of hydrogen-bond donors (Lipinski definition) is 3. The van der Waals surface area contributed by atoms with Gasteiger partial charge in [0.05, 0.1) is 12.2 Å². The molecule has 0 aromatic rings. The van der Waals surface area contributed by atoms with Gasteiger partial charge in [-0.3, -0.25) is 0 Å². The second-order valence-corrected chi connectivity index (χ2v) is 9.69. The predicted octanol–water partition coefficient (Wildman–Crippen LogP) is 3.00. The molecule has 2 saturated carbocycles. The molecule has 130 valence electrons. The third-order valence-corrected chi connectivity index (χ3v) is 8.20. The SMILES string of the molecule is CC1(C)CCC2=C1CCC1C2[C@@H](O)[C@H](O)C2C[C@@H](N)CC[C@]12C. The first-order chi connectivity index (χ1) is 10.8. The van der Waals surface area contributed by atoms with E-state index < -0.39 is 12.2 Å². The van der Waals surface area contributed by atoms with Crippen molar-refractivity contribution in [3.8, 4) is 0 Å². The van der Waals surface area contributed by atoms with Crippen molar-refractivity contribution in [1.29, 1.82) is 0 Å². The highest BCUT2D eigenvalue weighted by Gasteiger charge is 2.60. The van der Waals surface area contributed by atoms with Crippen LogP contribution in [0.15, 0.2) is 11.1 Å². The molecule has 23 heavy (non-hydrogen) atoms. The van der Waals surface area contributed by atoms with Crippen molar-refractivity contribution in [3.05, 3.63) is 11.1 Å². The Kier molecular flexibility index (Phi) is 3.54. The molecule has 7 atom stereocenters. The predicted molar refractivity (Wildman–Crippen MR) is 91.7 cm³/mol. The highest BCUT2D eigenvalue weighted by Crippen LogP contribution is 2.63. The molecule has 4 aliphatic carbocycles. The van der Waals surface area contributed by atoms with Crippen molar-refractivity contribution < 1.29 is 10.2 Å². The molecule has 4 rings (SSSR count). The summed E-state index contributed by atoms with van der Waals surface area (Å²) in [5.41, 5.74) is 9.73. The maximum absolute atomic E-state index is 11.0. The highest BCUT2D eigenvalue weighted by atomic mass is 16.3. The Hall–Kier alpha value is -0.380. The van der Waals surface area contributed by atoms with Crippen molar-refractivity contribution in [3.63, 3.8) is 0 Å². The van der Waals surface area contributed by atoms with Crippen molar-refractivity contribution >= 4 is 0 Å². The Bertz CT molecular complexity index is 540. The third-order valence-electron chi connectivity index (χ3n) is 8.20. The molecule has 0 bridgehead atoms. The van der Waals surface area contributed by atoms with Crippen molar-refractivity contribution in [1.82, 2.24) is 0 Å². The second-order valence-electron chi connectivity index (χ2n) is 9.69. The van der Waals surface area contributed by atoms with Gasteiger partial charge >= 0.3 is 0 Å². The van der Waals surface area contributed by atoms with Crippen LogP contribution < -0.4 is 5.73 Å². The zero-order valence-electron chi connectivity index (χ0n) is 14.9. The summed E-state index contributed by atoms with van der Waals surface area (Å²) in [5.74, 6) is 0.871. The van der Waals surface area contributed by atoms with E-state index in [1.165, 1.54) is 24.8 Å². The Morgan fingerprint density at radius 3 is 2.43 bits per heavy atom. The number of hydrogen-bond acceptors (Lipinski definition) is 3. The molecule has 0 radical (unpaired) electrons. The maximum Gasteiger partial charge on any atom is 0.0870 e. The Morgan fingerprint density at radius 2 is 1.70 bits per heavy atom. The molecule has 0 aromatic heterocycles. The van der Waals surface area contributed by atoms with Crippen LogP contribution in [0.2, 0.25) is 0 Å². The van der Waals surface area contributed by atoms with Crippen molar-refractivity contribution in [2.75, 3.05) is 0 Å². The lowest BCUT2D eigenvalue weighted by Crippen LogP contribution is -2.61. The third kappa shape index (κ3) is 2.12. The van der Waals surface area contributed by atoms with Crippen LogP contribution in [0.3, 0.4) is 0 Å². The fourth-order valence-corrected chi connectivity index (χ4v) is 6.79. The van der Waals surface area contributed by atoms with Crippen LogP contribution in [-0.4, -0.2) is 28.5 Å². The van der Waals surface area contributed by atoms with Gasteiger partial charge in [-0.25, -0.2) is 0 Å². The number of aliphatic hydroxyl groups excluding tert-OH is 2. The van der Waals surface area contributed by atoms with Crippen LogP contribution >= 0.6 is 0 Å². The minimum absolute atomic E-state index is 0.143. The van der Waals surface area contributed by atoms with Gasteiger partial charge in [0.1, 0.15) is 0 Å². The molecule has 0 amide bonds. The summed E-state index contributed by atoms with van der Waals surface area (Å²) < 4.78 is 0. The highest BCUT2D eigenvalue weighted by molar-refractivity contribution is 5.34.